The van der Waals surface area contributed by atoms with Gasteiger partial charge in [0.1, 0.15) is 0 Å². The fourth-order valence-electron chi connectivity index (χ4n) is 1.18. The minimum atomic E-state index is -0.0795. The largest absolute Gasteiger partial charge is 0.870 e. The SMILES string of the molecule is [B+2]c1cccc(C(=O)NCCN(C)C)c1.[OH-].[OH-]. The van der Waals surface area contributed by atoms with Gasteiger partial charge < -0.3 is 11.0 Å². The van der Waals surface area contributed by atoms with Gasteiger partial charge in [-0.1, -0.05) is 0 Å². The van der Waals surface area contributed by atoms with Crippen LogP contribution in [-0.4, -0.2) is 56.8 Å². The number of likely N-dealkylation sites (N-methyl/N-ethyl adjacent to an activating group) is 1. The number of hydrogen-bond donors (Lipinski definition) is 1. The van der Waals surface area contributed by atoms with Gasteiger partial charge in [-0.05, 0) is 0 Å². The molecule has 0 radical (unpaired) electrons. The quantitative estimate of drug-likeness (QED) is 0.707. The van der Waals surface area contributed by atoms with Crippen molar-refractivity contribution in [2.45, 2.75) is 0 Å². The Morgan fingerprint density at radius 3 is 2.53 bits per heavy atom. The molecule has 0 aliphatic rings. The van der Waals surface area contributed by atoms with Crippen LogP contribution in [0, 0.1) is 0 Å². The van der Waals surface area contributed by atoms with Crippen LogP contribution in [0.15, 0.2) is 24.3 Å². The summed E-state index contributed by atoms with van der Waals surface area (Å²) in [5.74, 6) is -0.0795. The predicted molar refractivity (Wildman–Crippen MR) is 66.6 cm³/mol. The molecule has 0 atom stereocenters. The molecule has 0 unspecified atom stereocenters. The Morgan fingerprint density at radius 2 is 2.00 bits per heavy atom. The number of carbonyl (C=O) groups is 1. The van der Waals surface area contributed by atoms with Crippen LogP contribution in [0.2, 0.25) is 0 Å². The molecule has 0 bridgehead atoms. The molecule has 0 aliphatic carbocycles. The zero-order chi connectivity index (χ0) is 11.3. The number of benzene rings is 1. The molecule has 1 aromatic carbocycles. The van der Waals surface area contributed by atoms with Crippen molar-refractivity contribution in [3.05, 3.63) is 29.8 Å². The first-order valence-electron chi connectivity index (χ1n) is 4.88. The summed E-state index contributed by atoms with van der Waals surface area (Å²) in [5, 5.41) is 2.82. The monoisotopic (exact) mass is 236 g/mol. The molecule has 0 heterocycles. The summed E-state index contributed by atoms with van der Waals surface area (Å²) in [6, 6.07) is 6.96. The second-order valence-electron chi connectivity index (χ2n) is 3.68. The smallest absolute Gasteiger partial charge is 0.870 e. The van der Waals surface area contributed by atoms with E-state index in [0.29, 0.717) is 17.6 Å². The fraction of sp³-hybridized carbons (Fsp3) is 0.364. The van der Waals surface area contributed by atoms with Gasteiger partial charge in [0.25, 0.3) is 0 Å². The summed E-state index contributed by atoms with van der Waals surface area (Å²) in [7, 11) is 9.51. The molecule has 6 heteroatoms. The molecule has 0 saturated heterocycles. The van der Waals surface area contributed by atoms with E-state index in [-0.39, 0.29) is 16.9 Å². The van der Waals surface area contributed by atoms with Crippen LogP contribution < -0.4 is 10.8 Å². The van der Waals surface area contributed by atoms with E-state index in [1.165, 1.54) is 0 Å². The van der Waals surface area contributed by atoms with Crippen molar-refractivity contribution >= 4 is 19.2 Å². The third kappa shape index (κ3) is 6.73. The summed E-state index contributed by atoms with van der Waals surface area (Å²) in [5.41, 5.74) is 1.21. The van der Waals surface area contributed by atoms with E-state index in [1.54, 1.807) is 24.3 Å². The van der Waals surface area contributed by atoms with E-state index in [9.17, 15) is 4.79 Å². The van der Waals surface area contributed by atoms with Crippen LogP contribution in [-0.2, 0) is 0 Å². The number of rotatable bonds is 4. The van der Waals surface area contributed by atoms with Crippen molar-refractivity contribution in [3.63, 3.8) is 0 Å². The number of nitrogens with zero attached hydrogens (tertiary/aromatic N) is 1. The number of hydrogen-bond acceptors (Lipinski definition) is 4. The van der Waals surface area contributed by atoms with Crippen molar-refractivity contribution in [3.8, 4) is 0 Å². The van der Waals surface area contributed by atoms with Gasteiger partial charge in [-0.2, -0.15) is 0 Å². The fourth-order valence-corrected chi connectivity index (χ4v) is 1.18. The molecule has 5 nitrogen and oxygen atoms in total. The Morgan fingerprint density at radius 1 is 1.35 bits per heavy atom. The average molecular weight is 236 g/mol. The predicted octanol–water partition coefficient (Wildman–Crippen LogP) is -0.582. The van der Waals surface area contributed by atoms with Crippen LogP contribution in [0.5, 0.6) is 0 Å². The first kappa shape index (κ1) is 18.0. The summed E-state index contributed by atoms with van der Waals surface area (Å²) < 4.78 is 0. The Hall–Kier alpha value is -1.37. The molecule has 92 valence electrons. The summed E-state index contributed by atoms with van der Waals surface area (Å²) in [6.07, 6.45) is 0. The molecule has 0 aliphatic heterocycles. The Kier molecular flexibility index (Phi) is 9.27. The maximum Gasteiger partial charge on any atom is -0.870 e. The van der Waals surface area contributed by atoms with Gasteiger partial charge in [0.2, 0.25) is 0 Å². The third-order valence-electron chi connectivity index (χ3n) is 1.99. The van der Waals surface area contributed by atoms with Gasteiger partial charge in [0.05, 0.1) is 0 Å². The molecular formula is C11H17BN2O3. The summed E-state index contributed by atoms with van der Waals surface area (Å²) >= 11 is 0. The van der Waals surface area contributed by atoms with Crippen molar-refractivity contribution in [1.29, 1.82) is 0 Å². The van der Waals surface area contributed by atoms with Gasteiger partial charge in [-0.25, -0.2) is 0 Å². The van der Waals surface area contributed by atoms with Crippen LogP contribution in [0.4, 0.5) is 0 Å². The van der Waals surface area contributed by atoms with Crippen molar-refractivity contribution < 1.29 is 15.7 Å². The second kappa shape index (κ2) is 8.75. The minimum absolute atomic E-state index is 0. The normalized spacial score (nSPS) is 9.24. The standard InChI is InChI=1S/C11H15BN2O.2H2O/c1-14(2)7-6-13-11(15)9-4-3-5-10(12)8-9;;/h3-5,8H,6-7H2,1-2H3,(H,13,15);2*1H2/q+2;;/p-2. The molecule has 0 fully saturated rings. The van der Waals surface area contributed by atoms with E-state index in [2.05, 4.69) is 5.32 Å². The van der Waals surface area contributed by atoms with E-state index in [0.717, 1.165) is 6.54 Å². The van der Waals surface area contributed by atoms with E-state index in [4.69, 9.17) is 7.85 Å². The summed E-state index contributed by atoms with van der Waals surface area (Å²) in [6.45, 7) is 1.47. The number of carbonyl (C=O) groups excluding carboxylic acids is 1. The molecule has 17 heavy (non-hydrogen) atoms. The molecule has 1 rings (SSSR count). The topological polar surface area (TPSA) is 92.3 Å². The Bertz CT molecular complexity index is 345. The van der Waals surface area contributed by atoms with Gasteiger partial charge in [0.15, 0.2) is 0 Å². The molecular weight excluding hydrogens is 219 g/mol. The molecule has 3 N–H and O–H groups in total. The molecule has 0 spiro atoms. The van der Waals surface area contributed by atoms with E-state index >= 15 is 0 Å². The van der Waals surface area contributed by atoms with Crippen molar-refractivity contribution in [1.82, 2.24) is 10.2 Å². The first-order valence-corrected chi connectivity index (χ1v) is 4.88. The minimum Gasteiger partial charge on any atom is -0.870 e. The summed E-state index contributed by atoms with van der Waals surface area (Å²) in [4.78, 5) is 13.6. The van der Waals surface area contributed by atoms with Gasteiger partial charge in [0, 0.05) is 0 Å². The number of amides is 1. The average Bonchev–Trinajstić information content (AvgIpc) is 2.17. The van der Waals surface area contributed by atoms with Gasteiger partial charge >= 0.3 is 91.2 Å². The molecule has 1 aromatic rings. The van der Waals surface area contributed by atoms with Crippen LogP contribution in [0.3, 0.4) is 0 Å². The van der Waals surface area contributed by atoms with Crippen LogP contribution >= 0.6 is 0 Å². The first-order chi connectivity index (χ1) is 7.09. The van der Waals surface area contributed by atoms with E-state index < -0.39 is 0 Å². The van der Waals surface area contributed by atoms with Crippen LogP contribution in [0.1, 0.15) is 10.4 Å². The zero-order valence-corrected chi connectivity index (χ0v) is 10.1. The molecule has 1 amide bonds. The van der Waals surface area contributed by atoms with Crippen LogP contribution in [0.25, 0.3) is 0 Å². The van der Waals surface area contributed by atoms with E-state index in [1.807, 2.05) is 19.0 Å². The molecule has 0 aromatic heterocycles. The Balaban J connectivity index is 0. The molecule has 0 saturated carbocycles. The maximum atomic E-state index is 11.6. The number of nitrogens with one attached hydrogen (secondary N) is 1. The van der Waals surface area contributed by atoms with Crippen molar-refractivity contribution in [2.24, 2.45) is 0 Å². The Labute approximate surface area is 103 Å². The third-order valence-corrected chi connectivity index (χ3v) is 1.99. The van der Waals surface area contributed by atoms with Gasteiger partial charge in [-0.15, -0.1) is 0 Å². The van der Waals surface area contributed by atoms with Crippen molar-refractivity contribution in [2.75, 3.05) is 27.2 Å². The zero-order valence-electron chi connectivity index (χ0n) is 10.1. The van der Waals surface area contributed by atoms with Gasteiger partial charge in [-0.3, -0.25) is 0 Å². The maximum absolute atomic E-state index is 11.6. The second-order valence-corrected chi connectivity index (χ2v) is 3.68.